The zero-order valence-electron chi connectivity index (χ0n) is 19.5. The summed E-state index contributed by atoms with van der Waals surface area (Å²) >= 11 is -0.611. The lowest BCUT2D eigenvalue weighted by molar-refractivity contribution is 0.606. The Hall–Kier alpha value is -1.95. The second-order valence-electron chi connectivity index (χ2n) is 7.71. The highest BCUT2D eigenvalue weighted by Crippen LogP contribution is 2.57. The predicted molar refractivity (Wildman–Crippen MR) is 152 cm³/mol. The third-order valence-corrected chi connectivity index (χ3v) is 11.8. The van der Waals surface area contributed by atoms with Crippen LogP contribution >= 0.6 is 15.8 Å². The van der Waals surface area contributed by atoms with Crippen molar-refractivity contribution in [2.24, 2.45) is 0 Å². The maximum Gasteiger partial charge on any atom is 0.0946 e. The molecule has 0 fully saturated rings. The second kappa shape index (κ2) is 13.7. The molecule has 4 aromatic carbocycles. The monoisotopic (exact) mass is 490 g/mol. The minimum Gasteiger partial charge on any atom is -0.617 e. The average Bonchev–Trinajstić information content (AvgIpc) is 2.86. The van der Waals surface area contributed by atoms with Crippen molar-refractivity contribution in [1.29, 1.82) is 0 Å². The molecule has 0 saturated heterocycles. The highest BCUT2D eigenvalue weighted by atomic mass is 32.2. The van der Waals surface area contributed by atoms with E-state index >= 15 is 0 Å². The molecule has 170 valence electrons. The second-order valence-corrected chi connectivity index (χ2v) is 14.4. The zero-order valence-corrected chi connectivity index (χ0v) is 22.1. The van der Waals surface area contributed by atoms with Gasteiger partial charge in [0.15, 0.2) is 0 Å². The first kappa shape index (κ1) is 25.7. The third-order valence-electron chi connectivity index (χ3n) is 5.10. The summed E-state index contributed by atoms with van der Waals surface area (Å²) in [6.45, 7) is 2.37. The van der Waals surface area contributed by atoms with Crippen molar-refractivity contribution in [2.45, 2.75) is 18.7 Å². The van der Waals surface area contributed by atoms with Gasteiger partial charge in [0.05, 0.1) is 12.5 Å². The van der Waals surface area contributed by atoms with E-state index in [0.717, 1.165) is 6.42 Å². The van der Waals surface area contributed by atoms with Crippen LogP contribution in [0.1, 0.15) is 13.3 Å². The van der Waals surface area contributed by atoms with Crippen molar-refractivity contribution in [3.8, 4) is 0 Å². The molecule has 4 aromatic rings. The Bertz CT molecular complexity index is 879. The lowest BCUT2D eigenvalue weighted by Crippen LogP contribution is -2.27. The molecule has 0 aliphatic rings. The Morgan fingerprint density at radius 2 is 0.758 bits per heavy atom. The van der Waals surface area contributed by atoms with E-state index in [1.54, 1.807) is 12.5 Å². The molecule has 0 aromatic heterocycles. The molecule has 0 aliphatic carbocycles. The van der Waals surface area contributed by atoms with Crippen LogP contribution in [0.15, 0.2) is 121 Å². The molecule has 0 N–H and O–H groups in total. The fourth-order valence-corrected chi connectivity index (χ4v) is 11.0. The Labute approximate surface area is 205 Å². The van der Waals surface area contributed by atoms with E-state index in [1.165, 1.54) is 21.2 Å². The standard InChI is InChI=1S/C27H26P2.C2H6OS/c1-2-27(28(23-15-7-3-8-16-23)24-17-9-4-10-18-24)29(25-19-11-5-12-20-25)26-21-13-6-14-22-26;1-4(2)3/h3-22,27H,2H2,1H3;1-2H3. The van der Waals surface area contributed by atoms with Gasteiger partial charge >= 0.3 is 0 Å². The molecule has 0 heterocycles. The molecule has 4 heteroatoms. The van der Waals surface area contributed by atoms with Crippen LogP contribution in [-0.2, 0) is 11.2 Å². The first-order valence-corrected chi connectivity index (χ1v) is 15.9. The lowest BCUT2D eigenvalue weighted by Gasteiger charge is -2.35. The van der Waals surface area contributed by atoms with E-state index < -0.39 is 27.0 Å². The van der Waals surface area contributed by atoms with Crippen LogP contribution in [-0.4, -0.2) is 22.5 Å². The molecular formula is C29H32OP2S. The van der Waals surface area contributed by atoms with Crippen molar-refractivity contribution >= 4 is 48.2 Å². The maximum atomic E-state index is 9.56. The van der Waals surface area contributed by atoms with Crippen LogP contribution in [0, 0.1) is 0 Å². The highest BCUT2D eigenvalue weighted by molar-refractivity contribution is 7.90. The molecule has 1 nitrogen and oxygen atoms in total. The molecular weight excluding hydrogens is 458 g/mol. The third kappa shape index (κ3) is 7.53. The van der Waals surface area contributed by atoms with E-state index in [4.69, 9.17) is 0 Å². The van der Waals surface area contributed by atoms with Gasteiger partial charge in [-0.3, -0.25) is 0 Å². The number of hydrogen-bond acceptors (Lipinski definition) is 1. The van der Waals surface area contributed by atoms with Crippen LogP contribution in [0.5, 0.6) is 0 Å². The van der Waals surface area contributed by atoms with Crippen molar-refractivity contribution in [3.05, 3.63) is 121 Å². The van der Waals surface area contributed by atoms with Crippen molar-refractivity contribution in [3.63, 3.8) is 0 Å². The Balaban J connectivity index is 0.000000709. The summed E-state index contributed by atoms with van der Waals surface area (Å²) in [4.78, 5) is 0. The summed E-state index contributed by atoms with van der Waals surface area (Å²) in [5.41, 5.74) is 0. The van der Waals surface area contributed by atoms with Crippen LogP contribution < -0.4 is 21.2 Å². The predicted octanol–water partition coefficient (Wildman–Crippen LogP) is 5.98. The fourth-order valence-electron chi connectivity index (χ4n) is 3.82. The smallest absolute Gasteiger partial charge is 0.0946 e. The van der Waals surface area contributed by atoms with Crippen molar-refractivity contribution < 1.29 is 4.55 Å². The molecule has 0 bridgehead atoms. The maximum absolute atomic E-state index is 9.56. The van der Waals surface area contributed by atoms with Gasteiger partial charge in [0.1, 0.15) is 0 Å². The molecule has 0 atom stereocenters. The molecule has 0 aliphatic heterocycles. The van der Waals surface area contributed by atoms with Crippen LogP contribution in [0.4, 0.5) is 0 Å². The quantitative estimate of drug-likeness (QED) is 0.231. The summed E-state index contributed by atoms with van der Waals surface area (Å²) in [6, 6.07) is 44.6. The average molecular weight is 491 g/mol. The SMILES string of the molecule is CCC(P(c1ccccc1)c1ccccc1)P(c1ccccc1)c1ccccc1.C[S+](C)[O-]. The van der Waals surface area contributed by atoms with E-state index in [9.17, 15) is 4.55 Å². The normalized spacial score (nSPS) is 11.0. The Morgan fingerprint density at radius 1 is 0.545 bits per heavy atom. The molecule has 4 rings (SSSR count). The van der Waals surface area contributed by atoms with Gasteiger partial charge in [-0.1, -0.05) is 139 Å². The van der Waals surface area contributed by atoms with Gasteiger partial charge in [-0.15, -0.1) is 0 Å². The molecule has 0 radical (unpaired) electrons. The molecule has 0 unspecified atom stereocenters. The number of benzene rings is 4. The number of hydrogen-bond donors (Lipinski definition) is 0. The summed E-state index contributed by atoms with van der Waals surface area (Å²) in [7, 11) is -0.944. The van der Waals surface area contributed by atoms with E-state index in [-0.39, 0.29) is 0 Å². The van der Waals surface area contributed by atoms with E-state index in [0.29, 0.717) is 5.40 Å². The lowest BCUT2D eigenvalue weighted by atomic mass is 10.4. The molecule has 0 spiro atoms. The van der Waals surface area contributed by atoms with Gasteiger partial charge in [0.2, 0.25) is 0 Å². The van der Waals surface area contributed by atoms with E-state index in [1.807, 2.05) is 0 Å². The summed E-state index contributed by atoms with van der Waals surface area (Å²) < 4.78 is 9.56. The van der Waals surface area contributed by atoms with Gasteiger partial charge in [-0.25, -0.2) is 0 Å². The zero-order chi connectivity index (χ0) is 23.5. The van der Waals surface area contributed by atoms with Crippen LogP contribution in [0.3, 0.4) is 0 Å². The molecule has 0 amide bonds. The molecule has 33 heavy (non-hydrogen) atoms. The van der Waals surface area contributed by atoms with E-state index in [2.05, 4.69) is 128 Å². The minimum absolute atomic E-state index is 0.472. The Morgan fingerprint density at radius 3 is 0.939 bits per heavy atom. The van der Waals surface area contributed by atoms with Gasteiger partial charge in [-0.2, -0.15) is 0 Å². The van der Waals surface area contributed by atoms with Gasteiger partial charge < -0.3 is 4.55 Å². The minimum atomic E-state index is -0.611. The summed E-state index contributed by atoms with van der Waals surface area (Å²) in [6.07, 6.45) is 4.44. The van der Waals surface area contributed by atoms with Gasteiger partial charge in [0.25, 0.3) is 0 Å². The van der Waals surface area contributed by atoms with Crippen LogP contribution in [0.25, 0.3) is 0 Å². The van der Waals surface area contributed by atoms with Crippen molar-refractivity contribution in [1.82, 2.24) is 0 Å². The summed E-state index contributed by atoms with van der Waals surface area (Å²) in [5, 5.41) is 6.47. The first-order valence-electron chi connectivity index (χ1n) is 11.2. The van der Waals surface area contributed by atoms with Crippen molar-refractivity contribution in [2.75, 3.05) is 12.5 Å². The topological polar surface area (TPSA) is 23.1 Å². The van der Waals surface area contributed by atoms with Crippen LogP contribution in [0.2, 0.25) is 0 Å². The molecule has 0 saturated carbocycles. The first-order chi connectivity index (χ1) is 16.1. The highest BCUT2D eigenvalue weighted by Gasteiger charge is 2.32. The Kier molecular flexibility index (Phi) is 10.6. The van der Waals surface area contributed by atoms with Gasteiger partial charge in [0, 0.05) is 5.40 Å². The fraction of sp³-hybridized carbons (Fsp3) is 0.172. The summed E-state index contributed by atoms with van der Waals surface area (Å²) in [5.74, 6) is 0. The van der Waals surface area contributed by atoms with Gasteiger partial charge in [-0.05, 0) is 43.5 Å². The number of rotatable bonds is 7. The largest absolute Gasteiger partial charge is 0.617 e.